The molecule has 2 aromatic carbocycles. The number of rotatable bonds is 5. The minimum atomic E-state index is 0.0459. The van der Waals surface area contributed by atoms with Crippen molar-refractivity contribution in [2.75, 3.05) is 7.11 Å². The highest BCUT2D eigenvalue weighted by atomic mass is 32.2. The second kappa shape index (κ2) is 7.04. The van der Waals surface area contributed by atoms with E-state index in [1.165, 1.54) is 10.5 Å². The summed E-state index contributed by atoms with van der Waals surface area (Å²) in [5.41, 5.74) is 8.57. The topological polar surface area (TPSA) is 67.8 Å². The predicted octanol–water partition coefficient (Wildman–Crippen LogP) is 3.39. The zero-order chi connectivity index (χ0) is 15.2. The Morgan fingerprint density at radius 3 is 2.57 bits per heavy atom. The van der Waals surface area contributed by atoms with E-state index >= 15 is 0 Å². The Morgan fingerprint density at radius 1 is 1.24 bits per heavy atom. The zero-order valence-corrected chi connectivity index (χ0v) is 12.9. The Bertz CT molecular complexity index is 639. The number of thioether (sulfide) groups is 1. The number of nitrogens with two attached hydrogens (primary N) is 1. The highest BCUT2D eigenvalue weighted by molar-refractivity contribution is 7.98. The van der Waals surface area contributed by atoms with Gasteiger partial charge in [-0.3, -0.25) is 0 Å². The van der Waals surface area contributed by atoms with Crippen molar-refractivity contribution < 1.29 is 9.94 Å². The number of ether oxygens (including phenoxy) is 1. The number of benzene rings is 2. The fraction of sp³-hybridized carbons (Fsp3) is 0.188. The van der Waals surface area contributed by atoms with Gasteiger partial charge in [0.1, 0.15) is 5.75 Å². The van der Waals surface area contributed by atoms with Crippen molar-refractivity contribution in [2.45, 2.75) is 17.6 Å². The summed E-state index contributed by atoms with van der Waals surface area (Å²) in [5, 5.41) is 11.8. The van der Waals surface area contributed by atoms with Crippen LogP contribution in [0, 0.1) is 6.92 Å². The molecular weight excluding hydrogens is 284 g/mol. The van der Waals surface area contributed by atoms with E-state index < -0.39 is 0 Å². The fourth-order valence-corrected chi connectivity index (χ4v) is 2.73. The molecule has 2 aromatic rings. The molecule has 0 atom stereocenters. The molecule has 0 amide bonds. The molecule has 4 nitrogen and oxygen atoms in total. The lowest BCUT2D eigenvalue weighted by Gasteiger charge is -2.09. The maximum atomic E-state index is 8.76. The first-order valence-electron chi connectivity index (χ1n) is 6.48. The molecular formula is C16H18N2O2S. The smallest absolute Gasteiger partial charge is 0.173 e. The Kier molecular flexibility index (Phi) is 5.11. The number of amidine groups is 1. The summed E-state index contributed by atoms with van der Waals surface area (Å²) in [6.45, 7) is 2.07. The first-order chi connectivity index (χ1) is 10.1. The highest BCUT2D eigenvalue weighted by Gasteiger charge is 2.09. The third-order valence-corrected chi connectivity index (χ3v) is 4.16. The van der Waals surface area contributed by atoms with Gasteiger partial charge in [0.2, 0.25) is 0 Å². The minimum absolute atomic E-state index is 0.0459. The summed E-state index contributed by atoms with van der Waals surface area (Å²) in [7, 11) is 1.57. The van der Waals surface area contributed by atoms with Gasteiger partial charge in [-0.25, -0.2) is 0 Å². The van der Waals surface area contributed by atoms with Crippen molar-refractivity contribution in [3.8, 4) is 5.75 Å². The van der Waals surface area contributed by atoms with Crippen molar-refractivity contribution >= 4 is 17.6 Å². The number of hydrogen-bond donors (Lipinski definition) is 2. The van der Waals surface area contributed by atoms with Gasteiger partial charge in [0.25, 0.3) is 0 Å². The molecule has 0 aliphatic rings. The number of hydrogen-bond acceptors (Lipinski definition) is 4. The zero-order valence-electron chi connectivity index (χ0n) is 12.0. The van der Waals surface area contributed by atoms with E-state index in [2.05, 4.69) is 36.3 Å². The van der Waals surface area contributed by atoms with Crippen LogP contribution in [-0.2, 0) is 5.75 Å². The number of methoxy groups -OCH3 is 1. The van der Waals surface area contributed by atoms with Crippen LogP contribution in [0.5, 0.6) is 5.75 Å². The van der Waals surface area contributed by atoms with E-state index in [1.807, 2.05) is 12.1 Å². The van der Waals surface area contributed by atoms with Gasteiger partial charge >= 0.3 is 0 Å². The predicted molar refractivity (Wildman–Crippen MR) is 86.2 cm³/mol. The summed E-state index contributed by atoms with van der Waals surface area (Å²) in [6.07, 6.45) is 0. The van der Waals surface area contributed by atoms with E-state index in [9.17, 15) is 0 Å². The van der Waals surface area contributed by atoms with Gasteiger partial charge in [-0.1, -0.05) is 28.9 Å². The van der Waals surface area contributed by atoms with Gasteiger partial charge in [-0.2, -0.15) is 0 Å². The van der Waals surface area contributed by atoms with Crippen molar-refractivity contribution in [2.24, 2.45) is 10.9 Å². The largest absolute Gasteiger partial charge is 0.496 e. The maximum absolute atomic E-state index is 8.76. The molecule has 0 saturated carbocycles. The molecule has 5 heteroatoms. The van der Waals surface area contributed by atoms with Gasteiger partial charge in [0, 0.05) is 10.6 Å². The molecule has 0 bridgehead atoms. The lowest BCUT2D eigenvalue weighted by Crippen LogP contribution is -2.14. The fourth-order valence-electron chi connectivity index (χ4n) is 1.89. The molecule has 0 spiro atoms. The SMILES string of the molecule is COc1cc(CSc2ccc(C)cc2)ccc1/C(N)=N/O. The molecule has 0 saturated heterocycles. The van der Waals surface area contributed by atoms with Gasteiger partial charge in [-0.05, 0) is 36.8 Å². The summed E-state index contributed by atoms with van der Waals surface area (Å²) in [4.78, 5) is 1.22. The lowest BCUT2D eigenvalue weighted by molar-refractivity contribution is 0.318. The Hall–Kier alpha value is -2.14. The third kappa shape index (κ3) is 3.92. The molecule has 0 aliphatic carbocycles. The second-order valence-corrected chi connectivity index (χ2v) is 5.67. The van der Waals surface area contributed by atoms with Crippen LogP contribution in [0.25, 0.3) is 0 Å². The van der Waals surface area contributed by atoms with Gasteiger partial charge in [0.05, 0.1) is 12.7 Å². The molecule has 0 aliphatic heterocycles. The third-order valence-electron chi connectivity index (χ3n) is 3.08. The van der Waals surface area contributed by atoms with Gasteiger partial charge in [0.15, 0.2) is 5.84 Å². The molecule has 0 fully saturated rings. The Labute approximate surface area is 128 Å². The Morgan fingerprint density at radius 2 is 1.95 bits per heavy atom. The highest BCUT2D eigenvalue weighted by Crippen LogP contribution is 2.26. The van der Waals surface area contributed by atoms with Crippen molar-refractivity contribution in [1.82, 2.24) is 0 Å². The van der Waals surface area contributed by atoms with Crippen LogP contribution in [0.3, 0.4) is 0 Å². The summed E-state index contributed by atoms with van der Waals surface area (Å²) in [6, 6.07) is 14.1. The first kappa shape index (κ1) is 15.3. The molecule has 3 N–H and O–H groups in total. The summed E-state index contributed by atoms with van der Waals surface area (Å²) >= 11 is 1.75. The normalized spacial score (nSPS) is 11.4. The van der Waals surface area contributed by atoms with Crippen LogP contribution >= 0.6 is 11.8 Å². The minimum Gasteiger partial charge on any atom is -0.496 e. The van der Waals surface area contributed by atoms with Crippen LogP contribution in [0.1, 0.15) is 16.7 Å². The van der Waals surface area contributed by atoms with E-state index in [0.717, 1.165) is 11.3 Å². The molecule has 110 valence electrons. The van der Waals surface area contributed by atoms with E-state index in [4.69, 9.17) is 15.7 Å². The number of nitrogens with zero attached hydrogens (tertiary/aromatic N) is 1. The van der Waals surface area contributed by atoms with E-state index in [0.29, 0.717) is 11.3 Å². The number of oxime groups is 1. The monoisotopic (exact) mass is 302 g/mol. The molecule has 2 rings (SSSR count). The van der Waals surface area contributed by atoms with E-state index in [-0.39, 0.29) is 5.84 Å². The average Bonchev–Trinajstić information content (AvgIpc) is 2.53. The first-order valence-corrected chi connectivity index (χ1v) is 7.47. The van der Waals surface area contributed by atoms with Crippen molar-refractivity contribution in [3.63, 3.8) is 0 Å². The number of aryl methyl sites for hydroxylation is 1. The molecule has 21 heavy (non-hydrogen) atoms. The van der Waals surface area contributed by atoms with Crippen LogP contribution in [-0.4, -0.2) is 18.2 Å². The molecule has 0 unspecified atom stereocenters. The lowest BCUT2D eigenvalue weighted by atomic mass is 10.1. The van der Waals surface area contributed by atoms with Gasteiger partial charge < -0.3 is 15.7 Å². The quantitative estimate of drug-likeness (QED) is 0.292. The Balaban J connectivity index is 2.12. The van der Waals surface area contributed by atoms with Gasteiger partial charge in [-0.15, -0.1) is 11.8 Å². The van der Waals surface area contributed by atoms with Crippen LogP contribution in [0.2, 0.25) is 0 Å². The van der Waals surface area contributed by atoms with Crippen molar-refractivity contribution in [1.29, 1.82) is 0 Å². The molecule has 0 aromatic heterocycles. The molecule has 0 radical (unpaired) electrons. The summed E-state index contributed by atoms with van der Waals surface area (Å²) < 4.78 is 5.30. The van der Waals surface area contributed by atoms with Crippen LogP contribution in [0.15, 0.2) is 52.5 Å². The van der Waals surface area contributed by atoms with Crippen LogP contribution < -0.4 is 10.5 Å². The standard InChI is InChI=1S/C16H18N2O2S/c1-11-3-6-13(7-4-11)21-10-12-5-8-14(16(17)18-19)15(9-12)20-2/h3-9,19H,10H2,1-2H3,(H2,17,18). The maximum Gasteiger partial charge on any atom is 0.173 e. The molecule has 0 heterocycles. The van der Waals surface area contributed by atoms with E-state index in [1.54, 1.807) is 24.9 Å². The van der Waals surface area contributed by atoms with Crippen LogP contribution in [0.4, 0.5) is 0 Å². The average molecular weight is 302 g/mol. The second-order valence-electron chi connectivity index (χ2n) is 4.62. The van der Waals surface area contributed by atoms with Crippen molar-refractivity contribution in [3.05, 3.63) is 59.2 Å². The summed E-state index contributed by atoms with van der Waals surface area (Å²) in [5.74, 6) is 1.48.